The van der Waals surface area contributed by atoms with Crippen molar-refractivity contribution in [2.45, 2.75) is 77.2 Å². The number of fused-ring (bicyclic) bond motifs is 1. The molecule has 8 nitrogen and oxygen atoms in total. The van der Waals surface area contributed by atoms with Gasteiger partial charge in [0.15, 0.2) is 0 Å². The smallest absolute Gasteiger partial charge is 0.320 e. The molecule has 44 heavy (non-hydrogen) atoms. The Balaban J connectivity index is 1.39. The van der Waals surface area contributed by atoms with E-state index >= 15 is 0 Å². The van der Waals surface area contributed by atoms with E-state index in [1.807, 2.05) is 73.7 Å². The number of nitrogens with zero attached hydrogens (tertiary/aromatic N) is 1. The highest BCUT2D eigenvalue weighted by Gasteiger charge is 2.59. The molecule has 3 aliphatic rings. The number of carbonyl (C=O) groups is 3. The Labute approximate surface area is 260 Å². The van der Waals surface area contributed by atoms with Gasteiger partial charge < -0.3 is 24.4 Å². The van der Waals surface area contributed by atoms with Gasteiger partial charge in [-0.15, -0.1) is 0 Å². The molecule has 1 N–H and O–H groups in total. The van der Waals surface area contributed by atoms with Gasteiger partial charge in [0.05, 0.1) is 26.4 Å². The second-order valence-electron chi connectivity index (χ2n) is 12.0. The number of hydrogen-bond acceptors (Lipinski definition) is 6. The fourth-order valence-electron chi connectivity index (χ4n) is 6.73. The molecule has 0 saturated carbocycles. The van der Waals surface area contributed by atoms with E-state index in [4.69, 9.17) is 14.2 Å². The Morgan fingerprint density at radius 2 is 1.77 bits per heavy atom. The van der Waals surface area contributed by atoms with Gasteiger partial charge in [-0.05, 0) is 62.7 Å². The maximum absolute atomic E-state index is 14.2. The Bertz CT molecular complexity index is 1360. The number of rotatable bonds is 12. The molecule has 2 aromatic carbocycles. The quantitative estimate of drug-likeness (QED) is 0.256. The van der Waals surface area contributed by atoms with Crippen LogP contribution >= 0.6 is 0 Å². The zero-order valence-corrected chi connectivity index (χ0v) is 25.8. The highest BCUT2D eigenvalue weighted by Crippen LogP contribution is 2.50. The van der Waals surface area contributed by atoms with Gasteiger partial charge in [0, 0.05) is 31.1 Å². The summed E-state index contributed by atoms with van der Waals surface area (Å²) in [6.07, 6.45) is 8.34. The minimum absolute atomic E-state index is 0.0206. The van der Waals surface area contributed by atoms with Gasteiger partial charge in [0.1, 0.15) is 11.5 Å². The maximum atomic E-state index is 14.2. The topological polar surface area (TPSA) is 94.2 Å². The lowest BCUT2D eigenvalue weighted by Crippen LogP contribution is -2.60. The van der Waals surface area contributed by atoms with Crippen molar-refractivity contribution < 1.29 is 28.6 Å². The van der Waals surface area contributed by atoms with Crippen molar-refractivity contribution in [1.29, 1.82) is 0 Å². The third kappa shape index (κ3) is 7.30. The van der Waals surface area contributed by atoms with Crippen molar-refractivity contribution in [3.05, 3.63) is 95.2 Å². The van der Waals surface area contributed by atoms with Gasteiger partial charge in [-0.3, -0.25) is 14.4 Å². The number of ether oxygens (including phenoxy) is 3. The Morgan fingerprint density at radius 3 is 2.45 bits per heavy atom. The molecule has 1 saturated heterocycles. The largest absolute Gasteiger partial charge is 0.468 e. The van der Waals surface area contributed by atoms with E-state index in [2.05, 4.69) is 11.4 Å². The van der Waals surface area contributed by atoms with E-state index in [0.717, 1.165) is 36.8 Å². The summed E-state index contributed by atoms with van der Waals surface area (Å²) < 4.78 is 17.8. The standard InChI is InChI=1S/C36H44N2O6/c1-26-36(35(41)42-2)22-30(20-33(39)37-23-28-14-8-4-9-15-28)34(40)38(19-18-27-12-6-3-7-13-27)32(36)21-31(44-26)25-43-24-29-16-10-5-11-17-29/h4-5,8-12,14-17,21,26,30-31H,3,6-7,13,18-20,22-25H2,1-2H3,(H,37,39)/t26-,30+,31-,36+/m1/s1. The maximum Gasteiger partial charge on any atom is 0.320 e. The molecule has 5 rings (SSSR count). The minimum atomic E-state index is -1.22. The van der Waals surface area contributed by atoms with E-state index in [9.17, 15) is 14.4 Å². The van der Waals surface area contributed by atoms with Crippen LogP contribution in [0.25, 0.3) is 0 Å². The minimum Gasteiger partial charge on any atom is -0.468 e. The van der Waals surface area contributed by atoms with Gasteiger partial charge in [-0.1, -0.05) is 72.3 Å². The summed E-state index contributed by atoms with van der Waals surface area (Å²) in [5.74, 6) is -1.52. The summed E-state index contributed by atoms with van der Waals surface area (Å²) in [5.41, 5.74) is 2.75. The van der Waals surface area contributed by atoms with Crippen LogP contribution in [0.4, 0.5) is 0 Å². The number of esters is 1. The molecule has 0 radical (unpaired) electrons. The molecule has 234 valence electrons. The molecule has 4 atom stereocenters. The molecule has 0 unspecified atom stereocenters. The van der Waals surface area contributed by atoms with E-state index in [0.29, 0.717) is 25.4 Å². The summed E-state index contributed by atoms with van der Waals surface area (Å²) in [4.78, 5) is 42.8. The lowest BCUT2D eigenvalue weighted by molar-refractivity contribution is -0.178. The highest BCUT2D eigenvalue weighted by molar-refractivity contribution is 5.92. The normalized spacial score (nSPS) is 25.0. The predicted molar refractivity (Wildman–Crippen MR) is 167 cm³/mol. The third-order valence-corrected chi connectivity index (χ3v) is 9.10. The molecule has 8 heteroatoms. The monoisotopic (exact) mass is 600 g/mol. The summed E-state index contributed by atoms with van der Waals surface area (Å²) in [7, 11) is 1.37. The lowest BCUT2D eigenvalue weighted by atomic mass is 9.66. The van der Waals surface area contributed by atoms with Gasteiger partial charge in [0.25, 0.3) is 0 Å². The Morgan fingerprint density at radius 1 is 1.05 bits per heavy atom. The highest BCUT2D eigenvalue weighted by atomic mass is 16.5. The summed E-state index contributed by atoms with van der Waals surface area (Å²) in [5, 5.41) is 2.95. The number of hydrogen-bond donors (Lipinski definition) is 1. The molecule has 0 spiro atoms. The number of piperidine rings is 1. The Kier molecular flexibility index (Phi) is 10.7. The second kappa shape index (κ2) is 14.8. The molecule has 2 aromatic rings. The molecule has 0 aromatic heterocycles. The van der Waals surface area contributed by atoms with Crippen LogP contribution in [0, 0.1) is 11.3 Å². The zero-order chi connectivity index (χ0) is 30.9. The number of allylic oxidation sites excluding steroid dienone is 1. The molecular weight excluding hydrogens is 556 g/mol. The van der Waals surface area contributed by atoms with Gasteiger partial charge in [-0.25, -0.2) is 0 Å². The van der Waals surface area contributed by atoms with Crippen molar-refractivity contribution >= 4 is 17.8 Å². The number of carbonyl (C=O) groups excluding carboxylic acids is 3. The zero-order valence-electron chi connectivity index (χ0n) is 25.8. The van der Waals surface area contributed by atoms with Crippen molar-refractivity contribution in [3.63, 3.8) is 0 Å². The average Bonchev–Trinajstić information content (AvgIpc) is 3.05. The van der Waals surface area contributed by atoms with Crippen molar-refractivity contribution in [2.75, 3.05) is 20.3 Å². The fourth-order valence-corrected chi connectivity index (χ4v) is 6.73. The van der Waals surface area contributed by atoms with E-state index in [1.54, 1.807) is 4.90 Å². The fraction of sp³-hybridized carbons (Fsp3) is 0.472. The molecule has 2 heterocycles. The predicted octanol–water partition coefficient (Wildman–Crippen LogP) is 5.48. The van der Waals surface area contributed by atoms with Crippen LogP contribution in [0.3, 0.4) is 0 Å². The molecular formula is C36H44N2O6. The van der Waals surface area contributed by atoms with Gasteiger partial charge in [-0.2, -0.15) is 0 Å². The molecule has 2 amide bonds. The first-order valence-electron chi connectivity index (χ1n) is 15.8. The van der Waals surface area contributed by atoms with Crippen molar-refractivity contribution in [2.24, 2.45) is 11.3 Å². The summed E-state index contributed by atoms with van der Waals surface area (Å²) in [6, 6.07) is 19.6. The van der Waals surface area contributed by atoms with Crippen molar-refractivity contribution in [1.82, 2.24) is 10.2 Å². The second-order valence-corrected chi connectivity index (χ2v) is 12.0. The average molecular weight is 601 g/mol. The number of benzene rings is 2. The van der Waals surface area contributed by atoms with Gasteiger partial charge >= 0.3 is 5.97 Å². The molecule has 1 fully saturated rings. The van der Waals surface area contributed by atoms with Crippen molar-refractivity contribution in [3.8, 4) is 0 Å². The third-order valence-electron chi connectivity index (χ3n) is 9.10. The summed E-state index contributed by atoms with van der Waals surface area (Å²) in [6.45, 7) is 3.37. The van der Waals surface area contributed by atoms with Crippen LogP contribution in [0.1, 0.15) is 63.0 Å². The Hall–Kier alpha value is -3.75. The van der Waals surface area contributed by atoms with E-state index < -0.39 is 29.5 Å². The van der Waals surface area contributed by atoms with Crippen LogP contribution in [0.15, 0.2) is 84.1 Å². The lowest BCUT2D eigenvalue weighted by Gasteiger charge is -2.51. The first-order valence-corrected chi connectivity index (χ1v) is 15.8. The van der Waals surface area contributed by atoms with Crippen LogP contribution in [-0.2, 0) is 41.7 Å². The molecule has 1 aliphatic carbocycles. The molecule has 0 bridgehead atoms. The number of likely N-dealkylation sites (tertiary alicyclic amines) is 1. The van der Waals surface area contributed by atoms with Crippen LogP contribution in [-0.4, -0.2) is 55.2 Å². The van der Waals surface area contributed by atoms with Gasteiger partial charge in [0.2, 0.25) is 11.8 Å². The van der Waals surface area contributed by atoms with E-state index in [1.165, 1.54) is 19.1 Å². The van der Waals surface area contributed by atoms with Crippen LogP contribution in [0.2, 0.25) is 0 Å². The van der Waals surface area contributed by atoms with Crippen LogP contribution < -0.4 is 5.32 Å². The van der Waals surface area contributed by atoms with E-state index in [-0.39, 0.29) is 31.3 Å². The SMILES string of the molecule is COC(=O)[C@]12C[C@H](CC(=O)NCc3ccccc3)C(=O)N(CCC3=CCCCC3)C1=C[C@H](COCc1ccccc1)O[C@@H]2C. The summed E-state index contributed by atoms with van der Waals surface area (Å²) >= 11 is 0. The first-order chi connectivity index (χ1) is 21.4. The number of methoxy groups -OCH3 is 1. The van der Waals surface area contributed by atoms with Crippen LogP contribution in [0.5, 0.6) is 0 Å². The number of nitrogens with one attached hydrogen (secondary N) is 1. The first kappa shape index (κ1) is 31.7. The number of amides is 2. The molecule has 2 aliphatic heterocycles.